The maximum absolute atomic E-state index is 13.0. The molecule has 2 saturated heterocycles. The average Bonchev–Trinajstić information content (AvgIpc) is 3.29. The number of benzene rings is 1. The number of rotatable bonds is 4. The van der Waals surface area contributed by atoms with Crippen molar-refractivity contribution < 1.29 is 4.79 Å². The van der Waals surface area contributed by atoms with Gasteiger partial charge >= 0.3 is 0 Å². The molecular weight excluding hydrogens is 336 g/mol. The monoisotopic (exact) mass is 358 g/mol. The van der Waals surface area contributed by atoms with Crippen LogP contribution < -0.4 is 5.32 Å². The van der Waals surface area contributed by atoms with Gasteiger partial charge in [-0.2, -0.15) is 5.10 Å². The Kier molecular flexibility index (Phi) is 4.52. The normalized spacial score (nSPS) is 25.4. The molecule has 2 aromatic rings. The predicted octanol–water partition coefficient (Wildman–Crippen LogP) is 2.65. The third kappa shape index (κ3) is 3.18. The Bertz CT molecular complexity index is 774. The molecule has 6 heteroatoms. The van der Waals surface area contributed by atoms with Crippen molar-refractivity contribution in [2.24, 2.45) is 11.8 Å². The number of aryl methyl sites for hydroxylation is 2. The van der Waals surface area contributed by atoms with Gasteiger partial charge in [-0.25, -0.2) is 0 Å². The number of hydrogen-bond acceptors (Lipinski definition) is 3. The van der Waals surface area contributed by atoms with Gasteiger partial charge in [0.05, 0.1) is 17.3 Å². The summed E-state index contributed by atoms with van der Waals surface area (Å²) < 4.78 is 1.74. The first-order chi connectivity index (χ1) is 12.1. The van der Waals surface area contributed by atoms with E-state index in [4.69, 9.17) is 11.6 Å². The summed E-state index contributed by atoms with van der Waals surface area (Å²) in [7, 11) is 0. The van der Waals surface area contributed by atoms with Crippen molar-refractivity contribution in [2.45, 2.75) is 25.9 Å². The fourth-order valence-corrected chi connectivity index (χ4v) is 4.46. The molecule has 4 rings (SSSR count). The van der Waals surface area contributed by atoms with Crippen LogP contribution in [0.5, 0.6) is 0 Å². The Morgan fingerprint density at radius 1 is 1.36 bits per heavy atom. The first kappa shape index (κ1) is 16.6. The highest BCUT2D eigenvalue weighted by Crippen LogP contribution is 2.43. The Morgan fingerprint density at radius 3 is 2.96 bits per heavy atom. The summed E-state index contributed by atoms with van der Waals surface area (Å²) in [6, 6.07) is 8.63. The molecule has 2 aliphatic heterocycles. The number of halogens is 1. The Labute approximate surface area is 153 Å². The summed E-state index contributed by atoms with van der Waals surface area (Å²) in [5, 5.41) is 8.27. The van der Waals surface area contributed by atoms with E-state index < -0.39 is 0 Å². The molecule has 3 heterocycles. The molecular formula is C19H23ClN4O. The molecule has 1 N–H and O–H groups in total. The minimum atomic E-state index is 0.176. The van der Waals surface area contributed by atoms with Gasteiger partial charge in [-0.05, 0) is 24.0 Å². The Hall–Kier alpha value is -1.85. The van der Waals surface area contributed by atoms with Gasteiger partial charge in [0.2, 0.25) is 5.91 Å². The molecule has 132 valence electrons. The smallest absolute Gasteiger partial charge is 0.224 e. The highest BCUT2D eigenvalue weighted by molar-refractivity contribution is 6.30. The van der Waals surface area contributed by atoms with Crippen LogP contribution in [0.25, 0.3) is 0 Å². The molecule has 0 spiro atoms. The van der Waals surface area contributed by atoms with E-state index >= 15 is 0 Å². The van der Waals surface area contributed by atoms with Crippen molar-refractivity contribution in [1.29, 1.82) is 0 Å². The second-order valence-corrected chi connectivity index (χ2v) is 7.54. The third-order valence-electron chi connectivity index (χ3n) is 5.55. The number of carbonyl (C=O) groups excluding carboxylic acids is 1. The highest BCUT2D eigenvalue weighted by atomic mass is 35.5. The number of nitrogens with one attached hydrogen (secondary N) is 1. The van der Waals surface area contributed by atoms with Gasteiger partial charge in [0.25, 0.3) is 0 Å². The van der Waals surface area contributed by atoms with E-state index in [9.17, 15) is 4.79 Å². The number of fused-ring (bicyclic) bond motifs is 1. The molecule has 25 heavy (non-hydrogen) atoms. The number of aromatic nitrogens is 2. The molecule has 1 aromatic carbocycles. The van der Waals surface area contributed by atoms with Crippen LogP contribution in [0, 0.1) is 18.8 Å². The SMILES string of the molecule is Cc1ccccc1[C@@H]1[C@H]2CNC[C@H]2CN1C(=O)CCn1cc(Cl)cn1. The standard InChI is InChI=1S/C19H23ClN4O/c1-13-4-2-3-5-16(13)19-17-10-21-8-14(17)11-24(19)18(25)6-7-23-12-15(20)9-22-23/h2-5,9,12,14,17,19,21H,6-8,10-11H2,1H3/t14-,17-,19+/m0/s1. The number of nitrogens with zero attached hydrogens (tertiary/aromatic N) is 3. The second kappa shape index (κ2) is 6.81. The van der Waals surface area contributed by atoms with Crippen LogP contribution >= 0.6 is 11.6 Å². The van der Waals surface area contributed by atoms with Gasteiger partial charge in [0.1, 0.15) is 0 Å². The molecule has 1 amide bonds. The first-order valence-electron chi connectivity index (χ1n) is 8.87. The second-order valence-electron chi connectivity index (χ2n) is 7.10. The van der Waals surface area contributed by atoms with E-state index in [0.29, 0.717) is 29.8 Å². The van der Waals surface area contributed by atoms with Crippen LogP contribution in [0.15, 0.2) is 36.7 Å². The lowest BCUT2D eigenvalue weighted by molar-refractivity contribution is -0.133. The van der Waals surface area contributed by atoms with Gasteiger partial charge in [0, 0.05) is 44.7 Å². The quantitative estimate of drug-likeness (QED) is 0.914. The van der Waals surface area contributed by atoms with Crippen LogP contribution in [-0.4, -0.2) is 40.2 Å². The van der Waals surface area contributed by atoms with Crippen LogP contribution in [0.4, 0.5) is 0 Å². The summed E-state index contributed by atoms with van der Waals surface area (Å²) in [4.78, 5) is 15.1. The number of hydrogen-bond donors (Lipinski definition) is 1. The summed E-state index contributed by atoms with van der Waals surface area (Å²) in [5.41, 5.74) is 2.55. The number of amides is 1. The van der Waals surface area contributed by atoms with E-state index in [-0.39, 0.29) is 11.9 Å². The molecule has 2 aliphatic rings. The molecule has 2 fully saturated rings. The van der Waals surface area contributed by atoms with E-state index in [2.05, 4.69) is 46.5 Å². The van der Waals surface area contributed by atoms with Crippen molar-refractivity contribution in [2.75, 3.05) is 19.6 Å². The maximum Gasteiger partial charge on any atom is 0.224 e. The summed E-state index contributed by atoms with van der Waals surface area (Å²) in [5.74, 6) is 1.26. The lowest BCUT2D eigenvalue weighted by atomic mass is 9.87. The van der Waals surface area contributed by atoms with Crippen LogP contribution in [0.3, 0.4) is 0 Å². The molecule has 0 bridgehead atoms. The van der Waals surface area contributed by atoms with Crippen LogP contribution in [-0.2, 0) is 11.3 Å². The van der Waals surface area contributed by atoms with Crippen LogP contribution in [0.2, 0.25) is 5.02 Å². The maximum atomic E-state index is 13.0. The summed E-state index contributed by atoms with van der Waals surface area (Å²) in [6.45, 7) is 5.54. The lowest BCUT2D eigenvalue weighted by Gasteiger charge is -2.29. The average molecular weight is 359 g/mol. The third-order valence-corrected chi connectivity index (χ3v) is 5.74. The molecule has 0 unspecified atom stereocenters. The fourth-order valence-electron chi connectivity index (χ4n) is 4.31. The first-order valence-corrected chi connectivity index (χ1v) is 9.25. The largest absolute Gasteiger partial charge is 0.335 e. The zero-order valence-electron chi connectivity index (χ0n) is 14.4. The van der Waals surface area contributed by atoms with Crippen molar-refractivity contribution in [1.82, 2.24) is 20.0 Å². The van der Waals surface area contributed by atoms with E-state index in [0.717, 1.165) is 19.6 Å². The van der Waals surface area contributed by atoms with E-state index in [1.54, 1.807) is 17.1 Å². The molecule has 0 saturated carbocycles. The summed E-state index contributed by atoms with van der Waals surface area (Å²) >= 11 is 5.90. The van der Waals surface area contributed by atoms with Gasteiger partial charge in [-0.1, -0.05) is 35.9 Å². The van der Waals surface area contributed by atoms with E-state index in [1.165, 1.54) is 11.1 Å². The van der Waals surface area contributed by atoms with Crippen molar-refractivity contribution in [3.63, 3.8) is 0 Å². The lowest BCUT2D eigenvalue weighted by Crippen LogP contribution is -2.35. The minimum absolute atomic E-state index is 0.176. The van der Waals surface area contributed by atoms with E-state index in [1.807, 2.05) is 0 Å². The topological polar surface area (TPSA) is 50.2 Å². The van der Waals surface area contributed by atoms with Gasteiger partial charge < -0.3 is 10.2 Å². The predicted molar refractivity (Wildman–Crippen MR) is 97.3 cm³/mol. The van der Waals surface area contributed by atoms with Crippen molar-refractivity contribution in [3.05, 3.63) is 52.8 Å². The van der Waals surface area contributed by atoms with Gasteiger partial charge in [-0.3, -0.25) is 9.48 Å². The zero-order valence-corrected chi connectivity index (χ0v) is 15.1. The highest BCUT2D eigenvalue weighted by Gasteiger charge is 2.46. The van der Waals surface area contributed by atoms with Gasteiger partial charge in [0.15, 0.2) is 0 Å². The molecule has 0 aliphatic carbocycles. The molecule has 5 nitrogen and oxygen atoms in total. The minimum Gasteiger partial charge on any atom is -0.335 e. The molecule has 1 aromatic heterocycles. The number of likely N-dealkylation sites (tertiary alicyclic amines) is 1. The van der Waals surface area contributed by atoms with Crippen molar-refractivity contribution >= 4 is 17.5 Å². The van der Waals surface area contributed by atoms with Crippen molar-refractivity contribution in [3.8, 4) is 0 Å². The molecule has 0 radical (unpaired) electrons. The fraction of sp³-hybridized carbons (Fsp3) is 0.474. The zero-order chi connectivity index (χ0) is 17.4. The summed E-state index contributed by atoms with van der Waals surface area (Å²) in [6.07, 6.45) is 3.82. The van der Waals surface area contributed by atoms with Gasteiger partial charge in [-0.15, -0.1) is 0 Å². The van der Waals surface area contributed by atoms with Crippen LogP contribution in [0.1, 0.15) is 23.6 Å². The molecule has 3 atom stereocenters. The number of carbonyl (C=O) groups is 1. The Balaban J connectivity index is 1.54. The Morgan fingerprint density at radius 2 is 2.20 bits per heavy atom.